The van der Waals surface area contributed by atoms with Crippen molar-refractivity contribution < 1.29 is 63.1 Å². The molecular formula is C47H79O13P. The molecule has 1 aliphatic carbocycles. The summed E-state index contributed by atoms with van der Waals surface area (Å²) < 4.78 is 33.4. The highest BCUT2D eigenvalue weighted by Gasteiger charge is 2.51. The molecule has 0 aromatic rings. The number of phosphoric ester groups is 1. The number of hydrogen-bond donors (Lipinski definition) is 6. The second-order valence-electron chi connectivity index (χ2n) is 15.6. The van der Waals surface area contributed by atoms with Crippen LogP contribution in [0.3, 0.4) is 0 Å². The van der Waals surface area contributed by atoms with Crippen molar-refractivity contribution >= 4 is 19.8 Å². The summed E-state index contributed by atoms with van der Waals surface area (Å²) in [5.41, 5.74) is 0. The summed E-state index contributed by atoms with van der Waals surface area (Å²) in [5.74, 6) is -1.19. The van der Waals surface area contributed by atoms with Crippen molar-refractivity contribution in [3.05, 3.63) is 72.9 Å². The predicted molar refractivity (Wildman–Crippen MR) is 239 cm³/mol. The zero-order chi connectivity index (χ0) is 45.0. The molecule has 350 valence electrons. The summed E-state index contributed by atoms with van der Waals surface area (Å²) in [5, 5.41) is 50.1. The van der Waals surface area contributed by atoms with Gasteiger partial charge < -0.3 is 39.9 Å². The number of hydrogen-bond acceptors (Lipinski definition) is 12. The molecule has 0 heterocycles. The van der Waals surface area contributed by atoms with E-state index in [4.69, 9.17) is 18.5 Å². The van der Waals surface area contributed by atoms with Gasteiger partial charge in [0, 0.05) is 12.8 Å². The highest BCUT2D eigenvalue weighted by molar-refractivity contribution is 7.47. The Balaban J connectivity index is 2.54. The maximum atomic E-state index is 12.8. The lowest BCUT2D eigenvalue weighted by molar-refractivity contribution is -0.220. The monoisotopic (exact) mass is 883 g/mol. The van der Waals surface area contributed by atoms with Crippen molar-refractivity contribution in [3.63, 3.8) is 0 Å². The molecule has 0 saturated heterocycles. The average Bonchev–Trinajstić information content (AvgIpc) is 3.24. The number of esters is 2. The zero-order valence-electron chi connectivity index (χ0n) is 36.9. The minimum Gasteiger partial charge on any atom is -0.462 e. The van der Waals surface area contributed by atoms with Gasteiger partial charge in [0.15, 0.2) is 6.10 Å². The minimum atomic E-state index is -5.14. The van der Waals surface area contributed by atoms with E-state index in [0.29, 0.717) is 19.3 Å². The molecule has 0 bridgehead atoms. The first-order chi connectivity index (χ1) is 29.4. The molecule has 0 amide bonds. The molecule has 0 aromatic carbocycles. The molecule has 1 aliphatic rings. The van der Waals surface area contributed by atoms with E-state index in [9.17, 15) is 44.6 Å². The summed E-state index contributed by atoms with van der Waals surface area (Å²) in [7, 11) is -5.14. The zero-order valence-corrected chi connectivity index (χ0v) is 37.8. The molecule has 1 fully saturated rings. The second-order valence-corrected chi connectivity index (χ2v) is 17.0. The number of phosphoric acid groups is 1. The fraction of sp³-hybridized carbons (Fsp3) is 0.702. The molecule has 0 radical (unpaired) electrons. The minimum absolute atomic E-state index is 0.0138. The number of ether oxygens (including phenoxy) is 2. The summed E-state index contributed by atoms with van der Waals surface area (Å²) in [6.07, 6.45) is 32.4. The third kappa shape index (κ3) is 29.3. The maximum Gasteiger partial charge on any atom is 0.472 e. The maximum absolute atomic E-state index is 12.8. The Morgan fingerprint density at radius 2 is 0.951 bits per heavy atom. The summed E-state index contributed by atoms with van der Waals surface area (Å²) in [4.78, 5) is 35.6. The Kier molecular flexibility index (Phi) is 33.9. The third-order valence-corrected chi connectivity index (χ3v) is 11.0. The van der Waals surface area contributed by atoms with Gasteiger partial charge in [-0.1, -0.05) is 138 Å². The number of carbonyl (C=O) groups excluding carboxylic acids is 2. The quantitative estimate of drug-likeness (QED) is 0.0115. The predicted octanol–water partition coefficient (Wildman–Crippen LogP) is 8.72. The van der Waals surface area contributed by atoms with Crippen molar-refractivity contribution in [2.24, 2.45) is 0 Å². The van der Waals surface area contributed by atoms with Crippen LogP contribution in [-0.2, 0) is 32.7 Å². The largest absolute Gasteiger partial charge is 0.472 e. The lowest BCUT2D eigenvalue weighted by atomic mass is 9.85. The molecule has 13 nitrogen and oxygen atoms in total. The first-order valence-electron chi connectivity index (χ1n) is 22.8. The van der Waals surface area contributed by atoms with Gasteiger partial charge in [0.25, 0.3) is 0 Å². The van der Waals surface area contributed by atoms with Crippen molar-refractivity contribution in [1.82, 2.24) is 0 Å². The molecule has 0 aromatic heterocycles. The van der Waals surface area contributed by atoms with Crippen molar-refractivity contribution in [1.29, 1.82) is 0 Å². The molecule has 6 unspecified atom stereocenters. The van der Waals surface area contributed by atoms with Gasteiger partial charge in [-0.2, -0.15) is 0 Å². The van der Waals surface area contributed by atoms with Gasteiger partial charge >= 0.3 is 19.8 Å². The van der Waals surface area contributed by atoms with Crippen LogP contribution < -0.4 is 0 Å². The van der Waals surface area contributed by atoms with Crippen LogP contribution in [0.4, 0.5) is 0 Å². The second kappa shape index (κ2) is 36.7. The molecule has 0 aliphatic heterocycles. The molecule has 0 spiro atoms. The Hall–Kier alpha value is -2.71. The number of aliphatic hydroxyl groups is 5. The average molecular weight is 883 g/mol. The van der Waals surface area contributed by atoms with E-state index in [-0.39, 0.29) is 12.8 Å². The van der Waals surface area contributed by atoms with E-state index in [1.165, 1.54) is 44.9 Å². The standard InChI is InChI=1S/C47H79O13P/c1-3-5-7-9-11-13-15-17-19-20-22-24-26-28-30-32-34-36-41(49)59-39(38-58-61(55,56)60-47-45(53)43(51)42(50)44(52)46(47)54)37-57-40(48)35-33-31-29-27-25-23-21-18-16-14-12-10-8-6-4-2/h11,13-14,16-19,21-22,24,28,30,39,42-47,50-54H,3-10,12,15,20,23,25-27,29,31-38H2,1-2H3,(H,55,56)/b13-11+,16-14+,19-17+,21-18+,24-22+,30-28+/t39-,42?,43+,44?,45?,46?,47?/m1/s1. The summed E-state index contributed by atoms with van der Waals surface area (Å²) >= 11 is 0. The van der Waals surface area contributed by atoms with E-state index in [2.05, 4.69) is 74.6 Å². The number of allylic oxidation sites excluding steroid dienone is 12. The first kappa shape index (κ1) is 56.3. The van der Waals surface area contributed by atoms with Crippen molar-refractivity contribution in [2.45, 2.75) is 198 Å². The van der Waals surface area contributed by atoms with Gasteiger partial charge in [0.1, 0.15) is 43.2 Å². The van der Waals surface area contributed by atoms with E-state index < -0.39 is 75.7 Å². The highest BCUT2D eigenvalue weighted by Crippen LogP contribution is 2.47. The number of unbranched alkanes of at least 4 members (excludes halogenated alkanes) is 13. The number of carbonyl (C=O) groups is 2. The van der Waals surface area contributed by atoms with Crippen LogP contribution in [0.5, 0.6) is 0 Å². The van der Waals surface area contributed by atoms with Crippen molar-refractivity contribution in [3.8, 4) is 0 Å². The Morgan fingerprint density at radius 1 is 0.525 bits per heavy atom. The van der Waals surface area contributed by atoms with E-state index in [1.807, 2.05) is 12.2 Å². The van der Waals surface area contributed by atoms with Crippen LogP contribution >= 0.6 is 7.82 Å². The van der Waals surface area contributed by atoms with Crippen LogP contribution in [0.1, 0.15) is 155 Å². The summed E-state index contributed by atoms with van der Waals surface area (Å²) in [6.45, 7) is 3.18. The molecule has 14 heteroatoms. The third-order valence-electron chi connectivity index (χ3n) is 10.0. The topological polar surface area (TPSA) is 210 Å². The van der Waals surface area contributed by atoms with Gasteiger partial charge in [-0.3, -0.25) is 18.6 Å². The first-order valence-corrected chi connectivity index (χ1v) is 24.3. The van der Waals surface area contributed by atoms with Gasteiger partial charge in [0.05, 0.1) is 6.61 Å². The van der Waals surface area contributed by atoms with Gasteiger partial charge in [-0.25, -0.2) is 4.57 Å². The van der Waals surface area contributed by atoms with Gasteiger partial charge in [0.2, 0.25) is 0 Å². The fourth-order valence-corrected chi connectivity index (χ4v) is 7.30. The Morgan fingerprint density at radius 3 is 1.52 bits per heavy atom. The molecule has 61 heavy (non-hydrogen) atoms. The van der Waals surface area contributed by atoms with E-state index >= 15 is 0 Å². The normalized spacial score (nSPS) is 22.7. The van der Waals surface area contributed by atoms with Crippen LogP contribution in [0.15, 0.2) is 72.9 Å². The molecule has 1 rings (SSSR count). The smallest absolute Gasteiger partial charge is 0.462 e. The lowest BCUT2D eigenvalue weighted by Crippen LogP contribution is -2.64. The molecular weight excluding hydrogens is 803 g/mol. The van der Waals surface area contributed by atoms with Gasteiger partial charge in [-0.05, 0) is 77.0 Å². The molecule has 8 atom stereocenters. The summed E-state index contributed by atoms with van der Waals surface area (Å²) in [6, 6.07) is 0. The molecule has 1 saturated carbocycles. The Bertz CT molecular complexity index is 1340. The van der Waals surface area contributed by atoms with E-state index in [0.717, 1.165) is 64.2 Å². The SMILES string of the molecule is CCCCC/C=C/C/C=C/C/C=C/C/C=C/CCCC(=O)O[C@H](COC(=O)CCCCCCC/C=C/C=C/CCCCCC)COP(=O)(O)OC1C(O)C(O)C(O)[C@H](O)C1O. The Labute approximate surface area is 365 Å². The van der Waals surface area contributed by atoms with Crippen LogP contribution in [0.25, 0.3) is 0 Å². The number of rotatable bonds is 36. The van der Waals surface area contributed by atoms with Crippen LogP contribution in [-0.4, -0.2) is 98.3 Å². The lowest BCUT2D eigenvalue weighted by Gasteiger charge is -2.41. The fourth-order valence-electron chi connectivity index (χ4n) is 6.33. The molecule has 6 N–H and O–H groups in total. The van der Waals surface area contributed by atoms with Crippen molar-refractivity contribution in [2.75, 3.05) is 13.2 Å². The van der Waals surface area contributed by atoms with Crippen LogP contribution in [0, 0.1) is 0 Å². The van der Waals surface area contributed by atoms with E-state index in [1.54, 1.807) is 0 Å². The highest BCUT2D eigenvalue weighted by atomic mass is 31.2. The van der Waals surface area contributed by atoms with Gasteiger partial charge in [-0.15, -0.1) is 0 Å². The number of aliphatic hydroxyl groups excluding tert-OH is 5. The van der Waals surface area contributed by atoms with Crippen LogP contribution in [0.2, 0.25) is 0 Å².